The van der Waals surface area contributed by atoms with E-state index >= 15 is 0 Å². The van der Waals surface area contributed by atoms with E-state index in [-0.39, 0.29) is 6.10 Å². The number of rotatable bonds is 7. The normalized spacial score (nSPS) is 12.2. The molecule has 1 unspecified atom stereocenters. The van der Waals surface area contributed by atoms with Gasteiger partial charge in [0.25, 0.3) is 0 Å². The Labute approximate surface area is 126 Å². The monoisotopic (exact) mass is 285 g/mol. The third kappa shape index (κ3) is 4.80. The van der Waals surface area contributed by atoms with E-state index in [0.29, 0.717) is 19.1 Å². The van der Waals surface area contributed by atoms with Gasteiger partial charge in [-0.1, -0.05) is 44.2 Å². The highest BCUT2D eigenvalue weighted by Gasteiger charge is 2.12. The van der Waals surface area contributed by atoms with Crippen molar-refractivity contribution in [1.82, 2.24) is 0 Å². The zero-order valence-electron chi connectivity index (χ0n) is 12.7. The van der Waals surface area contributed by atoms with Crippen LogP contribution in [0.4, 0.5) is 0 Å². The zero-order valence-corrected chi connectivity index (χ0v) is 12.7. The standard InChI is InChI=1S/C18H23NO2/c1-14(2)18(12-19)21-17-10-8-16(9-11-17)20-13-15-6-4-3-5-7-15/h3-11,14,18H,12-13,19H2,1-2H3. The molecule has 0 fully saturated rings. The van der Waals surface area contributed by atoms with E-state index in [1.165, 1.54) is 0 Å². The smallest absolute Gasteiger partial charge is 0.120 e. The van der Waals surface area contributed by atoms with Crippen molar-refractivity contribution in [1.29, 1.82) is 0 Å². The molecule has 21 heavy (non-hydrogen) atoms. The number of ether oxygens (including phenoxy) is 2. The molecule has 0 aliphatic carbocycles. The van der Waals surface area contributed by atoms with Gasteiger partial charge in [-0.05, 0) is 35.7 Å². The number of nitrogens with two attached hydrogens (primary N) is 1. The fraction of sp³-hybridized carbons (Fsp3) is 0.333. The first-order valence-corrected chi connectivity index (χ1v) is 7.32. The van der Waals surface area contributed by atoms with Gasteiger partial charge in [0.05, 0.1) is 0 Å². The lowest BCUT2D eigenvalue weighted by atomic mass is 10.1. The molecule has 0 bridgehead atoms. The van der Waals surface area contributed by atoms with Crippen LogP contribution >= 0.6 is 0 Å². The minimum atomic E-state index is 0.0427. The van der Waals surface area contributed by atoms with E-state index in [9.17, 15) is 0 Å². The van der Waals surface area contributed by atoms with Crippen molar-refractivity contribution >= 4 is 0 Å². The van der Waals surface area contributed by atoms with E-state index in [4.69, 9.17) is 15.2 Å². The predicted molar refractivity (Wildman–Crippen MR) is 85.5 cm³/mol. The Balaban J connectivity index is 1.90. The molecule has 112 valence electrons. The summed E-state index contributed by atoms with van der Waals surface area (Å²) in [4.78, 5) is 0. The molecule has 3 nitrogen and oxygen atoms in total. The average Bonchev–Trinajstić information content (AvgIpc) is 2.52. The first-order valence-electron chi connectivity index (χ1n) is 7.32. The molecule has 3 heteroatoms. The molecule has 2 aromatic rings. The van der Waals surface area contributed by atoms with Crippen LogP contribution in [0.3, 0.4) is 0 Å². The predicted octanol–water partition coefficient (Wildman–Crippen LogP) is 3.63. The van der Waals surface area contributed by atoms with Gasteiger partial charge >= 0.3 is 0 Å². The van der Waals surface area contributed by atoms with E-state index in [2.05, 4.69) is 13.8 Å². The third-order valence-electron chi connectivity index (χ3n) is 3.34. The summed E-state index contributed by atoms with van der Waals surface area (Å²) in [7, 11) is 0. The topological polar surface area (TPSA) is 44.5 Å². The van der Waals surface area contributed by atoms with E-state index in [0.717, 1.165) is 17.1 Å². The number of hydrogen-bond acceptors (Lipinski definition) is 3. The highest BCUT2D eigenvalue weighted by atomic mass is 16.5. The van der Waals surface area contributed by atoms with E-state index in [1.54, 1.807) is 0 Å². The molecular weight excluding hydrogens is 262 g/mol. The quantitative estimate of drug-likeness (QED) is 0.845. The minimum absolute atomic E-state index is 0.0427. The Morgan fingerprint density at radius 1 is 0.905 bits per heavy atom. The molecule has 2 aromatic carbocycles. The number of hydrogen-bond donors (Lipinski definition) is 1. The van der Waals surface area contributed by atoms with Crippen molar-refractivity contribution < 1.29 is 9.47 Å². The molecule has 2 rings (SSSR count). The maximum atomic E-state index is 5.86. The van der Waals surface area contributed by atoms with Crippen molar-refractivity contribution in [2.75, 3.05) is 6.54 Å². The van der Waals surface area contributed by atoms with Crippen LogP contribution in [0, 0.1) is 5.92 Å². The Morgan fingerprint density at radius 3 is 2.10 bits per heavy atom. The molecule has 0 saturated carbocycles. The summed E-state index contributed by atoms with van der Waals surface area (Å²) in [5, 5.41) is 0. The molecule has 0 saturated heterocycles. The maximum absolute atomic E-state index is 5.86. The van der Waals surface area contributed by atoms with E-state index < -0.39 is 0 Å². The zero-order chi connectivity index (χ0) is 15.1. The van der Waals surface area contributed by atoms with Gasteiger partial charge in [0.1, 0.15) is 24.2 Å². The van der Waals surface area contributed by atoms with Gasteiger partial charge in [0, 0.05) is 6.54 Å². The molecular formula is C18H23NO2. The Bertz CT molecular complexity index is 523. The Kier molecular flexibility index (Phi) is 5.64. The van der Waals surface area contributed by atoms with Crippen molar-refractivity contribution in [3.63, 3.8) is 0 Å². The number of benzene rings is 2. The van der Waals surface area contributed by atoms with Gasteiger partial charge in [-0.2, -0.15) is 0 Å². The molecule has 0 aromatic heterocycles. The Morgan fingerprint density at radius 2 is 1.52 bits per heavy atom. The van der Waals surface area contributed by atoms with Crippen molar-refractivity contribution in [2.24, 2.45) is 11.7 Å². The van der Waals surface area contributed by atoms with Gasteiger partial charge in [0.2, 0.25) is 0 Å². The highest BCUT2D eigenvalue weighted by molar-refractivity contribution is 5.31. The lowest BCUT2D eigenvalue weighted by Gasteiger charge is -2.21. The summed E-state index contributed by atoms with van der Waals surface area (Å²) in [5.74, 6) is 2.05. The summed E-state index contributed by atoms with van der Waals surface area (Å²) in [6, 6.07) is 17.8. The highest BCUT2D eigenvalue weighted by Crippen LogP contribution is 2.21. The fourth-order valence-corrected chi connectivity index (χ4v) is 1.99. The second-order valence-corrected chi connectivity index (χ2v) is 5.38. The van der Waals surface area contributed by atoms with Gasteiger partial charge in [-0.3, -0.25) is 0 Å². The van der Waals surface area contributed by atoms with Gasteiger partial charge in [0.15, 0.2) is 0 Å². The van der Waals surface area contributed by atoms with Gasteiger partial charge in [-0.15, -0.1) is 0 Å². The lowest BCUT2D eigenvalue weighted by Crippen LogP contribution is -2.31. The minimum Gasteiger partial charge on any atom is -0.489 e. The molecule has 2 N–H and O–H groups in total. The van der Waals surface area contributed by atoms with Crippen LogP contribution in [0.1, 0.15) is 19.4 Å². The third-order valence-corrected chi connectivity index (χ3v) is 3.34. The van der Waals surface area contributed by atoms with Crippen LogP contribution in [0.5, 0.6) is 11.5 Å². The van der Waals surface area contributed by atoms with Crippen molar-refractivity contribution in [3.05, 3.63) is 60.2 Å². The van der Waals surface area contributed by atoms with Crippen molar-refractivity contribution in [2.45, 2.75) is 26.6 Å². The first kappa shape index (κ1) is 15.4. The molecule has 0 heterocycles. The van der Waals surface area contributed by atoms with Crippen LogP contribution in [0.25, 0.3) is 0 Å². The van der Waals surface area contributed by atoms with E-state index in [1.807, 2.05) is 54.6 Å². The fourth-order valence-electron chi connectivity index (χ4n) is 1.99. The molecule has 1 atom stereocenters. The summed E-state index contributed by atoms with van der Waals surface area (Å²) in [6.07, 6.45) is 0.0427. The van der Waals surface area contributed by atoms with Crippen LogP contribution in [-0.4, -0.2) is 12.6 Å². The van der Waals surface area contributed by atoms with Gasteiger partial charge < -0.3 is 15.2 Å². The SMILES string of the molecule is CC(C)C(CN)Oc1ccc(OCc2ccccc2)cc1. The summed E-state index contributed by atoms with van der Waals surface area (Å²) >= 11 is 0. The average molecular weight is 285 g/mol. The molecule has 0 spiro atoms. The molecule has 0 radical (unpaired) electrons. The summed E-state index contributed by atoms with van der Waals surface area (Å²) in [6.45, 7) is 5.30. The first-order chi connectivity index (χ1) is 10.2. The van der Waals surface area contributed by atoms with Crippen LogP contribution in [0.15, 0.2) is 54.6 Å². The second kappa shape index (κ2) is 7.70. The maximum Gasteiger partial charge on any atom is 0.120 e. The largest absolute Gasteiger partial charge is 0.489 e. The molecule has 0 aliphatic rings. The van der Waals surface area contributed by atoms with Gasteiger partial charge in [-0.25, -0.2) is 0 Å². The molecule has 0 amide bonds. The van der Waals surface area contributed by atoms with Crippen LogP contribution < -0.4 is 15.2 Å². The summed E-state index contributed by atoms with van der Waals surface area (Å²) < 4.78 is 11.6. The molecule has 0 aliphatic heterocycles. The lowest BCUT2D eigenvalue weighted by molar-refractivity contribution is 0.159. The van der Waals surface area contributed by atoms with Crippen molar-refractivity contribution in [3.8, 4) is 11.5 Å². The Hall–Kier alpha value is -2.00. The van der Waals surface area contributed by atoms with Crippen LogP contribution in [0.2, 0.25) is 0 Å². The van der Waals surface area contributed by atoms with Crippen LogP contribution in [-0.2, 0) is 6.61 Å². The second-order valence-electron chi connectivity index (χ2n) is 5.38. The summed E-state index contributed by atoms with van der Waals surface area (Å²) in [5.41, 5.74) is 6.87.